The summed E-state index contributed by atoms with van der Waals surface area (Å²) in [6.07, 6.45) is 1.48. The van der Waals surface area contributed by atoms with Crippen LogP contribution >= 0.6 is 23.4 Å². The number of rotatable bonds is 5. The molecule has 0 unspecified atom stereocenters. The Balaban J connectivity index is 1.67. The Kier molecular flexibility index (Phi) is 5.30. The van der Waals surface area contributed by atoms with E-state index in [0.717, 1.165) is 11.3 Å². The predicted octanol–water partition coefficient (Wildman–Crippen LogP) is 3.06. The van der Waals surface area contributed by atoms with E-state index in [4.69, 9.17) is 11.6 Å². The lowest BCUT2D eigenvalue weighted by atomic mass is 10.1. The number of tetrazole rings is 1. The van der Waals surface area contributed by atoms with Crippen molar-refractivity contribution in [2.75, 3.05) is 11.1 Å². The summed E-state index contributed by atoms with van der Waals surface area (Å²) < 4.78 is 1.63. The van der Waals surface area contributed by atoms with Gasteiger partial charge in [0, 0.05) is 6.20 Å². The third-order valence-corrected chi connectivity index (χ3v) is 4.49. The smallest absolute Gasteiger partial charge is 0.236 e. The van der Waals surface area contributed by atoms with Gasteiger partial charge in [-0.1, -0.05) is 41.1 Å². The SMILES string of the molecule is Cc1ccc(-n2nnnc2SCC(=O)Nc2ccc(Cl)cn2)c(C)c1. The Hall–Kier alpha value is -2.45. The van der Waals surface area contributed by atoms with Gasteiger partial charge in [-0.05, 0) is 48.0 Å². The fourth-order valence-corrected chi connectivity index (χ4v) is 3.02. The van der Waals surface area contributed by atoms with Crippen molar-refractivity contribution >= 4 is 35.1 Å². The molecule has 0 atom stereocenters. The first kappa shape index (κ1) is 17.4. The lowest BCUT2D eigenvalue weighted by Gasteiger charge is -2.08. The van der Waals surface area contributed by atoms with E-state index in [2.05, 4.69) is 31.9 Å². The first-order valence-electron chi connectivity index (χ1n) is 7.43. The van der Waals surface area contributed by atoms with Crippen LogP contribution in [0.15, 0.2) is 41.7 Å². The Labute approximate surface area is 153 Å². The average Bonchev–Trinajstić information content (AvgIpc) is 3.03. The van der Waals surface area contributed by atoms with Crippen molar-refractivity contribution in [3.8, 4) is 5.69 Å². The van der Waals surface area contributed by atoms with Crippen molar-refractivity contribution in [3.63, 3.8) is 0 Å². The molecule has 0 saturated heterocycles. The van der Waals surface area contributed by atoms with Gasteiger partial charge in [0.05, 0.1) is 16.5 Å². The van der Waals surface area contributed by atoms with Crippen LogP contribution in [0.1, 0.15) is 11.1 Å². The van der Waals surface area contributed by atoms with E-state index in [9.17, 15) is 4.79 Å². The number of anilines is 1. The maximum absolute atomic E-state index is 12.1. The van der Waals surface area contributed by atoms with Crippen LogP contribution in [-0.2, 0) is 4.79 Å². The van der Waals surface area contributed by atoms with Gasteiger partial charge in [0.25, 0.3) is 0 Å². The van der Waals surface area contributed by atoms with Crippen LogP contribution in [-0.4, -0.2) is 36.9 Å². The van der Waals surface area contributed by atoms with Gasteiger partial charge in [-0.3, -0.25) is 4.79 Å². The average molecular weight is 375 g/mol. The van der Waals surface area contributed by atoms with Crippen LogP contribution in [0.4, 0.5) is 5.82 Å². The molecule has 2 aromatic heterocycles. The van der Waals surface area contributed by atoms with E-state index in [1.165, 1.54) is 23.5 Å². The molecule has 0 aliphatic heterocycles. The molecular formula is C16H15ClN6OS. The van der Waals surface area contributed by atoms with E-state index in [1.807, 2.05) is 26.0 Å². The third-order valence-electron chi connectivity index (χ3n) is 3.35. The Morgan fingerprint density at radius 2 is 2.12 bits per heavy atom. The van der Waals surface area contributed by atoms with Gasteiger partial charge in [0.15, 0.2) is 0 Å². The minimum absolute atomic E-state index is 0.162. The van der Waals surface area contributed by atoms with Crippen LogP contribution in [0.5, 0.6) is 0 Å². The third kappa shape index (κ3) is 4.34. The van der Waals surface area contributed by atoms with Gasteiger partial charge in [0.1, 0.15) is 5.82 Å². The molecule has 0 fully saturated rings. The number of carbonyl (C=O) groups excluding carboxylic acids is 1. The molecule has 0 spiro atoms. The molecule has 9 heteroatoms. The molecule has 1 aromatic carbocycles. The Morgan fingerprint density at radius 1 is 1.28 bits per heavy atom. The van der Waals surface area contributed by atoms with Crippen molar-refractivity contribution < 1.29 is 4.79 Å². The van der Waals surface area contributed by atoms with Gasteiger partial charge in [-0.25, -0.2) is 4.98 Å². The number of benzene rings is 1. The molecular weight excluding hydrogens is 360 g/mol. The van der Waals surface area contributed by atoms with E-state index >= 15 is 0 Å². The summed E-state index contributed by atoms with van der Waals surface area (Å²) in [7, 11) is 0. The fourth-order valence-electron chi connectivity index (χ4n) is 2.22. The zero-order chi connectivity index (χ0) is 17.8. The van der Waals surface area contributed by atoms with Crippen LogP contribution < -0.4 is 5.32 Å². The maximum Gasteiger partial charge on any atom is 0.236 e. The highest BCUT2D eigenvalue weighted by Gasteiger charge is 2.13. The maximum atomic E-state index is 12.1. The van der Waals surface area contributed by atoms with Crippen molar-refractivity contribution in [2.45, 2.75) is 19.0 Å². The lowest BCUT2D eigenvalue weighted by Crippen LogP contribution is -2.15. The van der Waals surface area contributed by atoms with Crippen LogP contribution in [0.25, 0.3) is 5.69 Å². The second-order valence-corrected chi connectivity index (χ2v) is 6.74. The number of pyridine rings is 1. The number of carbonyl (C=O) groups is 1. The number of aromatic nitrogens is 5. The largest absolute Gasteiger partial charge is 0.310 e. The minimum Gasteiger partial charge on any atom is -0.310 e. The van der Waals surface area contributed by atoms with Crippen molar-refractivity contribution in [1.82, 2.24) is 25.2 Å². The topological polar surface area (TPSA) is 85.6 Å². The van der Waals surface area contributed by atoms with Gasteiger partial charge in [-0.2, -0.15) is 4.68 Å². The molecule has 3 rings (SSSR count). The number of aryl methyl sites for hydroxylation is 2. The summed E-state index contributed by atoms with van der Waals surface area (Å²) in [5.41, 5.74) is 3.11. The highest BCUT2D eigenvalue weighted by molar-refractivity contribution is 7.99. The summed E-state index contributed by atoms with van der Waals surface area (Å²) in [6, 6.07) is 9.33. The summed E-state index contributed by atoms with van der Waals surface area (Å²) in [5, 5.41) is 15.5. The molecule has 3 aromatic rings. The second-order valence-electron chi connectivity index (χ2n) is 5.36. The normalized spacial score (nSPS) is 10.7. The number of amides is 1. The van der Waals surface area contributed by atoms with Crippen molar-refractivity contribution in [2.24, 2.45) is 0 Å². The number of nitrogens with one attached hydrogen (secondary N) is 1. The molecule has 1 amide bonds. The number of halogens is 1. The quantitative estimate of drug-likeness (QED) is 0.691. The van der Waals surface area contributed by atoms with Crippen LogP contribution in [0, 0.1) is 13.8 Å². The molecule has 25 heavy (non-hydrogen) atoms. The van der Waals surface area contributed by atoms with E-state index < -0.39 is 0 Å². The zero-order valence-electron chi connectivity index (χ0n) is 13.6. The van der Waals surface area contributed by atoms with Gasteiger partial charge >= 0.3 is 0 Å². The molecule has 1 N–H and O–H groups in total. The summed E-state index contributed by atoms with van der Waals surface area (Å²) >= 11 is 7.02. The lowest BCUT2D eigenvalue weighted by molar-refractivity contribution is -0.113. The molecule has 0 saturated carbocycles. The van der Waals surface area contributed by atoms with E-state index in [0.29, 0.717) is 16.0 Å². The standard InChI is InChI=1S/C16H15ClN6OS/c1-10-3-5-13(11(2)7-10)23-16(20-21-22-23)25-9-15(24)19-14-6-4-12(17)8-18-14/h3-8H,9H2,1-2H3,(H,18,19,24). The first-order valence-corrected chi connectivity index (χ1v) is 8.79. The zero-order valence-corrected chi connectivity index (χ0v) is 15.2. The monoisotopic (exact) mass is 374 g/mol. The minimum atomic E-state index is -0.199. The molecule has 0 bridgehead atoms. The van der Waals surface area contributed by atoms with E-state index in [1.54, 1.807) is 16.8 Å². The summed E-state index contributed by atoms with van der Waals surface area (Å²) in [6.45, 7) is 4.03. The van der Waals surface area contributed by atoms with Crippen LogP contribution in [0.3, 0.4) is 0 Å². The number of nitrogens with zero attached hydrogens (tertiary/aromatic N) is 5. The molecule has 7 nitrogen and oxygen atoms in total. The van der Waals surface area contributed by atoms with Crippen molar-refractivity contribution in [1.29, 1.82) is 0 Å². The number of hydrogen-bond donors (Lipinski definition) is 1. The summed E-state index contributed by atoms with van der Waals surface area (Å²) in [4.78, 5) is 16.1. The van der Waals surface area contributed by atoms with Gasteiger partial charge in [0.2, 0.25) is 11.1 Å². The second kappa shape index (κ2) is 7.62. The van der Waals surface area contributed by atoms with Crippen LogP contribution in [0.2, 0.25) is 5.02 Å². The first-order chi connectivity index (χ1) is 12.0. The van der Waals surface area contributed by atoms with E-state index in [-0.39, 0.29) is 11.7 Å². The number of hydrogen-bond acceptors (Lipinski definition) is 6. The van der Waals surface area contributed by atoms with Gasteiger partial charge in [-0.15, -0.1) is 5.10 Å². The Morgan fingerprint density at radius 3 is 2.84 bits per heavy atom. The highest BCUT2D eigenvalue weighted by Crippen LogP contribution is 2.21. The number of thioether (sulfide) groups is 1. The molecule has 2 heterocycles. The molecule has 128 valence electrons. The highest BCUT2D eigenvalue weighted by atomic mass is 35.5. The molecule has 0 aliphatic carbocycles. The predicted molar refractivity (Wildman–Crippen MR) is 97.2 cm³/mol. The fraction of sp³-hybridized carbons (Fsp3) is 0.188. The summed E-state index contributed by atoms with van der Waals surface area (Å²) in [5.74, 6) is 0.411. The van der Waals surface area contributed by atoms with Crippen molar-refractivity contribution in [3.05, 3.63) is 52.7 Å². The Bertz CT molecular complexity index is 896. The van der Waals surface area contributed by atoms with Gasteiger partial charge < -0.3 is 5.32 Å². The molecule has 0 aliphatic rings. The molecule has 0 radical (unpaired) electrons.